The summed E-state index contributed by atoms with van der Waals surface area (Å²) < 4.78 is 5.02. The average molecular weight is 359 g/mol. The lowest BCUT2D eigenvalue weighted by molar-refractivity contribution is -0.383. The van der Waals surface area contributed by atoms with Gasteiger partial charge in [0, 0.05) is 6.04 Å². The van der Waals surface area contributed by atoms with E-state index in [-0.39, 0.29) is 35.5 Å². The van der Waals surface area contributed by atoms with Gasteiger partial charge in [-0.15, -0.1) is 0 Å². The predicted octanol–water partition coefficient (Wildman–Crippen LogP) is 3.52. The van der Waals surface area contributed by atoms with E-state index in [0.29, 0.717) is 5.69 Å². The first kappa shape index (κ1) is 19.1. The van der Waals surface area contributed by atoms with Crippen molar-refractivity contribution < 1.29 is 14.5 Å². The number of hydrogen-bond donors (Lipinski definition) is 2. The zero-order chi connectivity index (χ0) is 19.1. The van der Waals surface area contributed by atoms with Gasteiger partial charge < -0.3 is 15.4 Å². The molecule has 1 heterocycles. The molecule has 9 heteroatoms. The van der Waals surface area contributed by atoms with Gasteiger partial charge in [-0.2, -0.15) is 0 Å². The third-order valence-electron chi connectivity index (χ3n) is 3.68. The minimum atomic E-state index is -0.556. The summed E-state index contributed by atoms with van der Waals surface area (Å²) in [6.07, 6.45) is 2.00. The number of anilines is 3. The van der Waals surface area contributed by atoms with E-state index in [1.54, 1.807) is 31.2 Å². The van der Waals surface area contributed by atoms with Crippen molar-refractivity contribution in [2.45, 2.75) is 33.2 Å². The Kier molecular flexibility index (Phi) is 6.42. The lowest BCUT2D eigenvalue weighted by Crippen LogP contribution is -2.17. The lowest BCUT2D eigenvalue weighted by Gasteiger charge is -2.14. The summed E-state index contributed by atoms with van der Waals surface area (Å²) in [6, 6.07) is 6.59. The van der Waals surface area contributed by atoms with Crippen molar-refractivity contribution in [2.24, 2.45) is 0 Å². The summed E-state index contributed by atoms with van der Waals surface area (Å²) in [5.41, 5.74) is 0.340. The highest BCUT2D eigenvalue weighted by atomic mass is 16.6. The molecule has 0 aliphatic carbocycles. The monoisotopic (exact) mass is 359 g/mol. The van der Waals surface area contributed by atoms with Gasteiger partial charge >= 0.3 is 11.7 Å². The first-order chi connectivity index (χ1) is 12.5. The molecule has 0 saturated heterocycles. The zero-order valence-electron chi connectivity index (χ0n) is 14.9. The van der Waals surface area contributed by atoms with Crippen molar-refractivity contribution in [1.29, 1.82) is 0 Å². The Morgan fingerprint density at radius 2 is 1.96 bits per heavy atom. The quantitative estimate of drug-likeness (QED) is 0.417. The molecule has 1 unspecified atom stereocenters. The SMILES string of the molecule is CCOC(=O)c1ccccc1Nc1ncnc(NC(C)CC)c1[N+](=O)[O-]. The predicted molar refractivity (Wildman–Crippen MR) is 97.7 cm³/mol. The van der Waals surface area contributed by atoms with E-state index in [0.717, 1.165) is 6.42 Å². The van der Waals surface area contributed by atoms with Gasteiger partial charge in [-0.1, -0.05) is 19.1 Å². The summed E-state index contributed by atoms with van der Waals surface area (Å²) in [5.74, 6) is -0.409. The van der Waals surface area contributed by atoms with Crippen LogP contribution in [0.25, 0.3) is 0 Å². The molecule has 0 fully saturated rings. The van der Waals surface area contributed by atoms with Crippen LogP contribution in [-0.2, 0) is 4.74 Å². The van der Waals surface area contributed by atoms with E-state index >= 15 is 0 Å². The second-order valence-electron chi connectivity index (χ2n) is 5.52. The molecule has 1 aromatic carbocycles. The Labute approximate surface area is 151 Å². The summed E-state index contributed by atoms with van der Waals surface area (Å²) in [6.45, 7) is 5.79. The number of nitro groups is 1. The van der Waals surface area contributed by atoms with Crippen LogP contribution >= 0.6 is 0 Å². The largest absolute Gasteiger partial charge is 0.462 e. The molecule has 1 atom stereocenters. The highest BCUT2D eigenvalue weighted by molar-refractivity contribution is 5.96. The molecule has 1 aromatic heterocycles. The molecule has 2 N–H and O–H groups in total. The van der Waals surface area contributed by atoms with E-state index in [2.05, 4.69) is 20.6 Å². The number of esters is 1. The number of carbonyl (C=O) groups excluding carboxylic acids is 1. The topological polar surface area (TPSA) is 119 Å². The highest BCUT2D eigenvalue weighted by Crippen LogP contribution is 2.32. The maximum Gasteiger partial charge on any atom is 0.353 e. The van der Waals surface area contributed by atoms with Crippen molar-refractivity contribution in [3.63, 3.8) is 0 Å². The fourth-order valence-electron chi connectivity index (χ4n) is 2.19. The van der Waals surface area contributed by atoms with Gasteiger partial charge in [0.2, 0.25) is 11.6 Å². The van der Waals surface area contributed by atoms with Gasteiger partial charge in [0.15, 0.2) is 0 Å². The van der Waals surface area contributed by atoms with Crippen LogP contribution in [0.5, 0.6) is 0 Å². The van der Waals surface area contributed by atoms with Crippen molar-refractivity contribution >= 4 is 29.0 Å². The van der Waals surface area contributed by atoms with Gasteiger partial charge in [-0.05, 0) is 32.4 Å². The molecule has 2 aromatic rings. The molecule has 0 saturated carbocycles. The van der Waals surface area contributed by atoms with Crippen molar-refractivity contribution in [1.82, 2.24) is 9.97 Å². The Hall–Kier alpha value is -3.23. The molecular weight excluding hydrogens is 338 g/mol. The number of ether oxygens (including phenoxy) is 1. The third-order valence-corrected chi connectivity index (χ3v) is 3.68. The van der Waals surface area contributed by atoms with E-state index in [9.17, 15) is 14.9 Å². The first-order valence-electron chi connectivity index (χ1n) is 8.27. The van der Waals surface area contributed by atoms with Gasteiger partial charge in [-0.3, -0.25) is 10.1 Å². The summed E-state index contributed by atoms with van der Waals surface area (Å²) >= 11 is 0. The smallest absolute Gasteiger partial charge is 0.353 e. The number of para-hydroxylation sites is 1. The Morgan fingerprint density at radius 1 is 1.27 bits per heavy atom. The molecule has 0 spiro atoms. The number of nitrogens with zero attached hydrogens (tertiary/aromatic N) is 3. The first-order valence-corrected chi connectivity index (χ1v) is 8.27. The Morgan fingerprint density at radius 3 is 2.62 bits per heavy atom. The normalized spacial score (nSPS) is 11.5. The molecule has 138 valence electrons. The summed E-state index contributed by atoms with van der Waals surface area (Å²) in [5, 5.41) is 17.4. The van der Waals surface area contributed by atoms with Gasteiger partial charge in [-0.25, -0.2) is 14.8 Å². The van der Waals surface area contributed by atoms with Crippen LogP contribution in [0.15, 0.2) is 30.6 Å². The van der Waals surface area contributed by atoms with Crippen LogP contribution in [0.1, 0.15) is 37.6 Å². The maximum atomic E-state index is 12.1. The van der Waals surface area contributed by atoms with Crippen LogP contribution < -0.4 is 10.6 Å². The van der Waals surface area contributed by atoms with Crippen LogP contribution in [0, 0.1) is 10.1 Å². The number of nitrogens with one attached hydrogen (secondary N) is 2. The van der Waals surface area contributed by atoms with Crippen molar-refractivity contribution in [2.75, 3.05) is 17.2 Å². The molecule has 0 aliphatic rings. The van der Waals surface area contributed by atoms with Gasteiger partial charge in [0.05, 0.1) is 22.8 Å². The second-order valence-corrected chi connectivity index (χ2v) is 5.52. The number of hydrogen-bond acceptors (Lipinski definition) is 8. The van der Waals surface area contributed by atoms with Crippen LogP contribution in [0.4, 0.5) is 23.0 Å². The summed E-state index contributed by atoms with van der Waals surface area (Å²) in [4.78, 5) is 31.1. The number of rotatable bonds is 8. The van der Waals surface area contributed by atoms with E-state index in [1.807, 2.05) is 13.8 Å². The van der Waals surface area contributed by atoms with E-state index < -0.39 is 10.9 Å². The third kappa shape index (κ3) is 4.44. The van der Waals surface area contributed by atoms with E-state index in [4.69, 9.17) is 4.74 Å². The van der Waals surface area contributed by atoms with Crippen LogP contribution in [-0.4, -0.2) is 33.5 Å². The number of aromatic nitrogens is 2. The average Bonchev–Trinajstić information content (AvgIpc) is 2.62. The molecule has 0 aliphatic heterocycles. The molecule has 9 nitrogen and oxygen atoms in total. The molecule has 0 amide bonds. The number of carbonyl (C=O) groups is 1. The minimum absolute atomic E-state index is 0.00303. The second kappa shape index (κ2) is 8.75. The van der Waals surface area contributed by atoms with E-state index in [1.165, 1.54) is 6.33 Å². The van der Waals surface area contributed by atoms with Gasteiger partial charge in [0.25, 0.3) is 0 Å². The molecule has 26 heavy (non-hydrogen) atoms. The van der Waals surface area contributed by atoms with Crippen molar-refractivity contribution in [3.8, 4) is 0 Å². The van der Waals surface area contributed by atoms with Gasteiger partial charge in [0.1, 0.15) is 6.33 Å². The maximum absolute atomic E-state index is 12.1. The molecular formula is C17H21N5O4. The summed E-state index contributed by atoms with van der Waals surface area (Å²) in [7, 11) is 0. The molecule has 0 bridgehead atoms. The fourth-order valence-corrected chi connectivity index (χ4v) is 2.19. The number of benzene rings is 1. The standard InChI is InChI=1S/C17H21N5O4/c1-4-11(3)20-15-14(22(24)25)16(19-10-18-15)21-13-9-7-6-8-12(13)17(23)26-5-2/h6-11H,4-5H2,1-3H3,(H2,18,19,20,21). The fraction of sp³-hybridized carbons (Fsp3) is 0.353. The molecule has 0 radical (unpaired) electrons. The lowest BCUT2D eigenvalue weighted by atomic mass is 10.1. The zero-order valence-corrected chi connectivity index (χ0v) is 14.9. The molecule has 2 rings (SSSR count). The van der Waals surface area contributed by atoms with Crippen LogP contribution in [0.3, 0.4) is 0 Å². The van der Waals surface area contributed by atoms with Crippen molar-refractivity contribution in [3.05, 3.63) is 46.3 Å². The highest BCUT2D eigenvalue weighted by Gasteiger charge is 2.25. The van der Waals surface area contributed by atoms with Crippen LogP contribution in [0.2, 0.25) is 0 Å². The Bertz CT molecular complexity index is 796. The minimum Gasteiger partial charge on any atom is -0.462 e. The Balaban J connectivity index is 2.43.